The molecule has 0 aromatic rings. The first kappa shape index (κ1) is 33.3. The summed E-state index contributed by atoms with van der Waals surface area (Å²) in [5.41, 5.74) is 1.23. The Hall–Kier alpha value is -0.406. The topological polar surface area (TPSA) is 28.2 Å². The molecule has 0 saturated carbocycles. The van der Waals surface area contributed by atoms with E-state index in [1.165, 1.54) is 11.5 Å². The van der Waals surface area contributed by atoms with E-state index in [0.717, 1.165) is 6.42 Å². The summed E-state index contributed by atoms with van der Waals surface area (Å²) in [6.45, 7) is 13.8. The smallest absolute Gasteiger partial charge is 0.668 e. The molecule has 0 aliphatic heterocycles. The Bertz CT molecular complexity index is 239. The zero-order valence-electron chi connectivity index (χ0n) is 16.2. The van der Waals surface area contributed by atoms with Gasteiger partial charge in [-0.15, -0.1) is 6.42 Å². The first-order valence-corrected chi connectivity index (χ1v) is 7.07. The van der Waals surface area contributed by atoms with Gasteiger partial charge in [0.05, 0.1) is 0 Å². The van der Waals surface area contributed by atoms with Gasteiger partial charge >= 0.3 is 21.7 Å². The van der Waals surface area contributed by atoms with Crippen LogP contribution in [-0.2, 0) is 21.7 Å². The Kier molecular flexibility index (Phi) is 56.1. The number of nitrogens with zero attached hydrogens (tertiary/aromatic N) is 2. The molecule has 0 amide bonds. The van der Waals surface area contributed by atoms with Gasteiger partial charge < -0.3 is 16.6 Å². The monoisotopic (exact) mass is 340 g/mol. The molecule has 0 aromatic heterocycles. The minimum absolute atomic E-state index is 0. The molecule has 1 rings (SSSR count). The Morgan fingerprint density at radius 3 is 1.55 bits per heavy atom. The van der Waals surface area contributed by atoms with Gasteiger partial charge in [0.1, 0.15) is 0 Å². The van der Waals surface area contributed by atoms with Gasteiger partial charge in [-0.25, -0.2) is 12.2 Å². The molecule has 2 nitrogen and oxygen atoms in total. The molecule has 0 N–H and O–H groups in total. The molecule has 0 radical (unpaired) electrons. The summed E-state index contributed by atoms with van der Waals surface area (Å²) in [5.74, 6) is 1.42. The third-order valence-corrected chi connectivity index (χ3v) is 1.36. The minimum atomic E-state index is 0. The third kappa shape index (κ3) is 91.7. The standard InChI is InChI=1S/C6H10.C5H5.C4H9.2C2H6N.Ti/c1-4-6(3)5-2;1-2-4-5-3-1;1-4(2)3;2*1-3-2;/h4-5H,1H2,2-3H3;1-3H,4H2;1-3H3;2*1-2H3;/q;4*-1;+4. The molecule has 1 aliphatic carbocycles. The zero-order chi connectivity index (χ0) is 17.5. The van der Waals surface area contributed by atoms with E-state index in [2.05, 4.69) is 50.1 Å². The largest absolute Gasteiger partial charge is 4.00 e. The Labute approximate surface area is 156 Å². The van der Waals surface area contributed by atoms with Crippen LogP contribution in [0, 0.1) is 12.0 Å². The summed E-state index contributed by atoms with van der Waals surface area (Å²) in [7, 11) is 7.00. The molecule has 0 fully saturated rings. The van der Waals surface area contributed by atoms with Crippen LogP contribution in [0.4, 0.5) is 0 Å². The molecule has 0 unspecified atom stereocenters. The Morgan fingerprint density at radius 1 is 1.14 bits per heavy atom. The van der Waals surface area contributed by atoms with Crippen LogP contribution in [0.2, 0.25) is 0 Å². The van der Waals surface area contributed by atoms with Gasteiger partial charge in [0.15, 0.2) is 0 Å². The fourth-order valence-electron chi connectivity index (χ4n) is 0.458. The third-order valence-electron chi connectivity index (χ3n) is 1.36. The fraction of sp³-hybridized carbons (Fsp3) is 0.526. The second kappa shape index (κ2) is 37.1. The van der Waals surface area contributed by atoms with Gasteiger partial charge in [0.2, 0.25) is 0 Å². The maximum Gasteiger partial charge on any atom is 4.00 e. The van der Waals surface area contributed by atoms with Crippen molar-refractivity contribution in [2.75, 3.05) is 28.2 Å². The average Bonchev–Trinajstić information content (AvgIpc) is 2.98. The molecule has 126 valence electrons. The van der Waals surface area contributed by atoms with Crippen molar-refractivity contribution >= 4 is 0 Å². The fourth-order valence-corrected chi connectivity index (χ4v) is 0.458. The summed E-state index contributed by atoms with van der Waals surface area (Å²) in [5, 5.41) is 7.00. The van der Waals surface area contributed by atoms with Crippen LogP contribution >= 0.6 is 0 Å². The first-order chi connectivity index (χ1) is 9.87. The SMILES string of the molecule is C=CC(C)=CC.C[C-](C)C.C[N-]C.C[N-]C.[C-]1=CC=CC1.[Ti+4]. The van der Waals surface area contributed by atoms with E-state index < -0.39 is 0 Å². The van der Waals surface area contributed by atoms with Gasteiger partial charge in [-0.1, -0.05) is 24.3 Å². The van der Waals surface area contributed by atoms with E-state index in [9.17, 15) is 0 Å². The summed E-state index contributed by atoms with van der Waals surface area (Å²) in [4.78, 5) is 0. The van der Waals surface area contributed by atoms with Crippen LogP contribution in [0.3, 0.4) is 0 Å². The van der Waals surface area contributed by atoms with E-state index in [4.69, 9.17) is 0 Å². The first-order valence-electron chi connectivity index (χ1n) is 7.07. The molecule has 0 aromatic carbocycles. The minimum Gasteiger partial charge on any atom is -0.668 e. The molecule has 0 atom stereocenters. The van der Waals surface area contributed by atoms with Crippen LogP contribution in [0.15, 0.2) is 42.5 Å². The van der Waals surface area contributed by atoms with E-state index >= 15 is 0 Å². The van der Waals surface area contributed by atoms with Gasteiger partial charge in [-0.3, -0.25) is 6.08 Å². The Balaban J connectivity index is -0.0000000557. The number of hydrogen-bond acceptors (Lipinski definition) is 0. The second-order valence-electron chi connectivity index (χ2n) is 4.63. The summed E-state index contributed by atoms with van der Waals surface area (Å²) in [6, 6.07) is 0. The summed E-state index contributed by atoms with van der Waals surface area (Å²) < 4.78 is 0. The normalized spacial score (nSPS) is 10.4. The van der Waals surface area contributed by atoms with Crippen molar-refractivity contribution in [3.63, 3.8) is 0 Å². The molecule has 0 bridgehead atoms. The average molecular weight is 340 g/mol. The van der Waals surface area contributed by atoms with Crippen molar-refractivity contribution in [3.05, 3.63) is 65.2 Å². The van der Waals surface area contributed by atoms with Crippen LogP contribution < -0.4 is 0 Å². The van der Waals surface area contributed by atoms with Crippen LogP contribution in [-0.4, -0.2) is 28.2 Å². The van der Waals surface area contributed by atoms with Crippen molar-refractivity contribution in [1.82, 2.24) is 0 Å². The zero-order valence-corrected chi connectivity index (χ0v) is 17.8. The van der Waals surface area contributed by atoms with E-state index in [1.54, 1.807) is 28.2 Å². The van der Waals surface area contributed by atoms with Crippen molar-refractivity contribution in [2.45, 2.75) is 41.0 Å². The summed E-state index contributed by atoms with van der Waals surface area (Å²) >= 11 is 0. The van der Waals surface area contributed by atoms with Crippen molar-refractivity contribution < 1.29 is 21.7 Å². The number of allylic oxidation sites excluding steroid dienone is 7. The van der Waals surface area contributed by atoms with Gasteiger partial charge in [0.25, 0.3) is 0 Å². The molecule has 0 spiro atoms. The van der Waals surface area contributed by atoms with Crippen molar-refractivity contribution in [2.24, 2.45) is 0 Å². The molecular weight excluding hydrogens is 304 g/mol. The molecule has 0 heterocycles. The maximum atomic E-state index is 3.56. The predicted molar refractivity (Wildman–Crippen MR) is 102 cm³/mol. The molecular formula is C19H36N2Ti. The molecule has 22 heavy (non-hydrogen) atoms. The maximum absolute atomic E-state index is 3.56. The summed E-state index contributed by atoms with van der Waals surface area (Å²) in [6.07, 6.45) is 13.9. The number of rotatable bonds is 1. The number of hydrogen-bond donors (Lipinski definition) is 0. The van der Waals surface area contributed by atoms with Gasteiger partial charge in [0, 0.05) is 0 Å². The van der Waals surface area contributed by atoms with Gasteiger partial charge in [-0.05, 0) is 13.8 Å². The van der Waals surface area contributed by atoms with E-state index in [0.29, 0.717) is 0 Å². The van der Waals surface area contributed by atoms with Crippen molar-refractivity contribution in [1.29, 1.82) is 0 Å². The van der Waals surface area contributed by atoms with Crippen LogP contribution in [0.1, 0.15) is 41.0 Å². The van der Waals surface area contributed by atoms with E-state index in [-0.39, 0.29) is 21.7 Å². The quantitative estimate of drug-likeness (QED) is 0.304. The second-order valence-corrected chi connectivity index (χ2v) is 4.63. The predicted octanol–water partition coefficient (Wildman–Crippen LogP) is 6.30. The molecule has 0 saturated heterocycles. The van der Waals surface area contributed by atoms with E-state index in [1.807, 2.05) is 38.2 Å². The molecule has 1 aliphatic rings. The van der Waals surface area contributed by atoms with Crippen LogP contribution in [0.25, 0.3) is 10.6 Å². The molecule has 3 heteroatoms. The Morgan fingerprint density at radius 2 is 1.50 bits per heavy atom. The van der Waals surface area contributed by atoms with Gasteiger partial charge in [-0.2, -0.15) is 55.0 Å². The van der Waals surface area contributed by atoms with Crippen molar-refractivity contribution in [3.8, 4) is 0 Å². The van der Waals surface area contributed by atoms with Crippen LogP contribution in [0.5, 0.6) is 0 Å².